The Labute approximate surface area is 166 Å². The van der Waals surface area contributed by atoms with Crippen molar-refractivity contribution in [1.82, 2.24) is 10.0 Å². The van der Waals surface area contributed by atoms with E-state index >= 15 is 0 Å². The number of halogens is 1. The summed E-state index contributed by atoms with van der Waals surface area (Å²) in [5, 5.41) is 3.47. The third-order valence-corrected chi connectivity index (χ3v) is 5.75. The first-order chi connectivity index (χ1) is 12.8. The van der Waals surface area contributed by atoms with Gasteiger partial charge in [0, 0.05) is 30.5 Å². The van der Waals surface area contributed by atoms with Gasteiger partial charge in [0.25, 0.3) is 0 Å². The Bertz CT molecular complexity index is 837. The van der Waals surface area contributed by atoms with Crippen LogP contribution in [0.5, 0.6) is 0 Å². The summed E-state index contributed by atoms with van der Waals surface area (Å²) in [4.78, 5) is 12.5. The van der Waals surface area contributed by atoms with Gasteiger partial charge in [0.1, 0.15) is 0 Å². The van der Waals surface area contributed by atoms with Gasteiger partial charge in [0.2, 0.25) is 15.9 Å². The van der Waals surface area contributed by atoms with E-state index in [1.54, 1.807) is 30.3 Å². The van der Waals surface area contributed by atoms with Crippen molar-refractivity contribution < 1.29 is 13.2 Å². The maximum atomic E-state index is 12.5. The van der Waals surface area contributed by atoms with E-state index in [2.05, 4.69) is 10.0 Å². The van der Waals surface area contributed by atoms with Crippen LogP contribution in [0.25, 0.3) is 0 Å². The Morgan fingerprint density at radius 1 is 1.00 bits per heavy atom. The summed E-state index contributed by atoms with van der Waals surface area (Å²) in [5.74, 6) is -0.0602. The van der Waals surface area contributed by atoms with Gasteiger partial charge in [-0.05, 0) is 35.7 Å². The zero-order valence-electron chi connectivity index (χ0n) is 15.5. The summed E-state index contributed by atoms with van der Waals surface area (Å²) < 4.78 is 27.6. The Kier molecular flexibility index (Phi) is 7.83. The maximum absolute atomic E-state index is 12.5. The van der Waals surface area contributed by atoms with E-state index in [9.17, 15) is 13.2 Å². The second kappa shape index (κ2) is 9.88. The van der Waals surface area contributed by atoms with Gasteiger partial charge in [-0.25, -0.2) is 13.1 Å². The lowest BCUT2D eigenvalue weighted by molar-refractivity contribution is -0.121. The Morgan fingerprint density at radius 3 is 2.22 bits per heavy atom. The monoisotopic (exact) mass is 408 g/mol. The minimum absolute atomic E-state index is 0.109. The largest absolute Gasteiger partial charge is 0.356 e. The number of sulfonamides is 1. The lowest BCUT2D eigenvalue weighted by atomic mass is 9.95. The first kappa shape index (κ1) is 21.4. The van der Waals surface area contributed by atoms with Gasteiger partial charge in [-0.3, -0.25) is 4.79 Å². The second-order valence-electron chi connectivity index (χ2n) is 6.82. The number of benzene rings is 2. The van der Waals surface area contributed by atoms with E-state index in [-0.39, 0.29) is 29.7 Å². The van der Waals surface area contributed by atoms with Gasteiger partial charge in [-0.15, -0.1) is 0 Å². The lowest BCUT2D eigenvalue weighted by Gasteiger charge is -2.19. The molecule has 0 saturated heterocycles. The van der Waals surface area contributed by atoms with Crippen LogP contribution in [0.2, 0.25) is 5.02 Å². The van der Waals surface area contributed by atoms with Crippen LogP contribution in [0.15, 0.2) is 59.5 Å². The molecule has 2 rings (SSSR count). The fraction of sp³-hybridized carbons (Fsp3) is 0.350. The molecular formula is C20H25ClN2O3S. The first-order valence-electron chi connectivity index (χ1n) is 8.85. The minimum atomic E-state index is -3.64. The molecule has 5 nitrogen and oxygen atoms in total. The minimum Gasteiger partial charge on any atom is -0.356 e. The third kappa shape index (κ3) is 6.97. The molecule has 0 bridgehead atoms. The highest BCUT2D eigenvalue weighted by molar-refractivity contribution is 7.89. The molecule has 0 heterocycles. The van der Waals surface area contributed by atoms with Crippen molar-refractivity contribution in [2.75, 3.05) is 13.1 Å². The van der Waals surface area contributed by atoms with Crippen LogP contribution in [0.1, 0.15) is 31.7 Å². The molecule has 0 aliphatic rings. The van der Waals surface area contributed by atoms with Gasteiger partial charge in [-0.2, -0.15) is 0 Å². The number of nitrogens with one attached hydrogen (secondary N) is 2. The predicted octanol–water partition coefficient (Wildman–Crippen LogP) is 3.56. The molecule has 0 saturated carbocycles. The zero-order chi connectivity index (χ0) is 19.9. The summed E-state index contributed by atoms with van der Waals surface area (Å²) in [7, 11) is -3.64. The molecule has 2 aromatic rings. The zero-order valence-corrected chi connectivity index (χ0v) is 17.1. The van der Waals surface area contributed by atoms with Gasteiger partial charge in [0.05, 0.1) is 4.90 Å². The van der Waals surface area contributed by atoms with E-state index in [1.165, 1.54) is 12.1 Å². The van der Waals surface area contributed by atoms with E-state index < -0.39 is 10.0 Å². The van der Waals surface area contributed by atoms with Crippen LogP contribution in [0.3, 0.4) is 0 Å². The van der Waals surface area contributed by atoms with Gasteiger partial charge >= 0.3 is 0 Å². The van der Waals surface area contributed by atoms with E-state index in [0.717, 1.165) is 5.56 Å². The molecular weight excluding hydrogens is 384 g/mol. The molecule has 2 N–H and O–H groups in total. The maximum Gasteiger partial charge on any atom is 0.240 e. The molecule has 27 heavy (non-hydrogen) atoms. The number of carbonyl (C=O) groups excluding carboxylic acids is 1. The van der Waals surface area contributed by atoms with Crippen molar-refractivity contribution in [3.8, 4) is 0 Å². The molecule has 1 amide bonds. The van der Waals surface area contributed by atoms with Crippen LogP contribution in [0.4, 0.5) is 0 Å². The van der Waals surface area contributed by atoms with Gasteiger partial charge in [-0.1, -0.05) is 55.8 Å². The smallest absolute Gasteiger partial charge is 0.240 e. The van der Waals surface area contributed by atoms with Crippen LogP contribution >= 0.6 is 11.6 Å². The normalized spacial score (nSPS) is 12.7. The summed E-state index contributed by atoms with van der Waals surface area (Å²) in [6.45, 7) is 4.74. The van der Waals surface area contributed by atoms with Crippen molar-refractivity contribution in [3.63, 3.8) is 0 Å². The summed E-state index contributed by atoms with van der Waals surface area (Å²) in [6.07, 6.45) is 0.186. The number of hydrogen-bond acceptors (Lipinski definition) is 3. The molecule has 1 atom stereocenters. The molecule has 0 fully saturated rings. The van der Waals surface area contributed by atoms with Gasteiger partial charge < -0.3 is 5.32 Å². The number of amides is 1. The SMILES string of the molecule is CC(C)CNC(=O)C[C@@H](CNS(=O)(=O)c1ccccc1)c1ccc(Cl)cc1. The van der Waals surface area contributed by atoms with Crippen molar-refractivity contribution in [1.29, 1.82) is 0 Å². The number of carbonyl (C=O) groups is 1. The quantitative estimate of drug-likeness (QED) is 0.666. The fourth-order valence-corrected chi connectivity index (χ4v) is 3.78. The summed E-state index contributed by atoms with van der Waals surface area (Å²) >= 11 is 5.95. The van der Waals surface area contributed by atoms with Crippen LogP contribution in [-0.4, -0.2) is 27.4 Å². The van der Waals surface area contributed by atoms with Crippen molar-refractivity contribution in [3.05, 3.63) is 65.2 Å². The third-order valence-electron chi connectivity index (χ3n) is 4.05. The number of hydrogen-bond donors (Lipinski definition) is 2. The standard InChI is InChI=1S/C20H25ClN2O3S/c1-15(2)13-22-20(24)12-17(16-8-10-18(21)11-9-16)14-23-27(25,26)19-6-4-3-5-7-19/h3-11,15,17,23H,12-14H2,1-2H3,(H,22,24)/t17-/m0/s1. The van der Waals surface area contributed by atoms with Crippen LogP contribution in [-0.2, 0) is 14.8 Å². The van der Waals surface area contributed by atoms with E-state index in [1.807, 2.05) is 26.0 Å². The van der Waals surface area contributed by atoms with E-state index in [0.29, 0.717) is 17.5 Å². The van der Waals surface area contributed by atoms with Crippen molar-refractivity contribution >= 4 is 27.5 Å². The fourth-order valence-electron chi connectivity index (χ4n) is 2.55. The molecule has 7 heteroatoms. The summed E-state index contributed by atoms with van der Waals surface area (Å²) in [6, 6.07) is 15.3. The van der Waals surface area contributed by atoms with Crippen molar-refractivity contribution in [2.24, 2.45) is 5.92 Å². The van der Waals surface area contributed by atoms with E-state index in [4.69, 9.17) is 11.6 Å². The molecule has 0 aromatic heterocycles. The molecule has 146 valence electrons. The predicted molar refractivity (Wildman–Crippen MR) is 108 cm³/mol. The topological polar surface area (TPSA) is 75.3 Å². The molecule has 0 unspecified atom stereocenters. The first-order valence-corrected chi connectivity index (χ1v) is 10.7. The Balaban J connectivity index is 2.12. The van der Waals surface area contributed by atoms with Crippen LogP contribution < -0.4 is 10.0 Å². The molecule has 0 radical (unpaired) electrons. The highest BCUT2D eigenvalue weighted by Crippen LogP contribution is 2.22. The number of rotatable bonds is 9. The highest BCUT2D eigenvalue weighted by atomic mass is 35.5. The molecule has 2 aromatic carbocycles. The molecule has 0 aliphatic carbocycles. The Hall–Kier alpha value is -1.89. The second-order valence-corrected chi connectivity index (χ2v) is 9.02. The van der Waals surface area contributed by atoms with Gasteiger partial charge in [0.15, 0.2) is 0 Å². The lowest BCUT2D eigenvalue weighted by Crippen LogP contribution is -2.33. The molecule has 0 aliphatic heterocycles. The average Bonchev–Trinajstić information content (AvgIpc) is 2.65. The van der Waals surface area contributed by atoms with Crippen molar-refractivity contribution in [2.45, 2.75) is 31.1 Å². The Morgan fingerprint density at radius 2 is 1.63 bits per heavy atom. The molecule has 0 spiro atoms. The highest BCUT2D eigenvalue weighted by Gasteiger charge is 2.20. The van der Waals surface area contributed by atoms with Crippen LogP contribution in [0, 0.1) is 5.92 Å². The average molecular weight is 409 g/mol. The summed E-state index contributed by atoms with van der Waals surface area (Å²) in [5.41, 5.74) is 0.856.